The highest BCUT2D eigenvalue weighted by Gasteiger charge is 2.31. The van der Waals surface area contributed by atoms with Gasteiger partial charge in [-0.25, -0.2) is 14.5 Å². The highest BCUT2D eigenvalue weighted by Crippen LogP contribution is 2.31. The molecular weight excluding hydrogens is 576 g/mol. The van der Waals surface area contributed by atoms with Gasteiger partial charge in [-0.15, -0.1) is 0 Å². The van der Waals surface area contributed by atoms with Gasteiger partial charge in [-0.3, -0.25) is 10.1 Å². The maximum atomic E-state index is 12.7. The van der Waals surface area contributed by atoms with Gasteiger partial charge in [-0.2, -0.15) is 0 Å². The van der Waals surface area contributed by atoms with Crippen molar-refractivity contribution in [1.29, 1.82) is 0 Å². The monoisotopic (exact) mass is 620 g/mol. The zero-order valence-electron chi connectivity index (χ0n) is 25.5. The molecule has 3 rings (SSSR count). The molecule has 0 aliphatic heterocycles. The van der Waals surface area contributed by atoms with E-state index in [0.717, 1.165) is 25.7 Å². The van der Waals surface area contributed by atoms with Crippen molar-refractivity contribution < 1.29 is 57.7 Å². The molecule has 244 valence electrons. The topological polar surface area (TPSA) is 145 Å². The number of hydrogen-bond acceptors (Lipinski definition) is 12. The van der Waals surface area contributed by atoms with Gasteiger partial charge < -0.3 is 33.2 Å². The van der Waals surface area contributed by atoms with E-state index in [0.29, 0.717) is 48.3 Å². The van der Waals surface area contributed by atoms with E-state index in [-0.39, 0.29) is 57.0 Å². The Labute approximate surface area is 258 Å². The molecule has 0 amide bonds. The Morgan fingerprint density at radius 2 is 1.32 bits per heavy atom. The molecule has 1 N–H and O–H groups in total. The quantitative estimate of drug-likeness (QED) is 0.0470. The van der Waals surface area contributed by atoms with Crippen LogP contribution in [0.2, 0.25) is 0 Å². The Kier molecular flexibility index (Phi) is 14.8. The molecule has 0 bridgehead atoms. The van der Waals surface area contributed by atoms with Crippen molar-refractivity contribution in [1.82, 2.24) is 0 Å². The Hall–Kier alpha value is -3.29. The fourth-order valence-electron chi connectivity index (χ4n) is 5.02. The second-order valence-corrected chi connectivity index (χ2v) is 11.2. The molecular formula is C32H44O12. The van der Waals surface area contributed by atoms with E-state index in [9.17, 15) is 19.6 Å². The molecule has 12 nitrogen and oxygen atoms in total. The van der Waals surface area contributed by atoms with Gasteiger partial charge in [0.15, 0.2) is 20.4 Å². The van der Waals surface area contributed by atoms with Crippen molar-refractivity contribution >= 4 is 17.9 Å². The van der Waals surface area contributed by atoms with Gasteiger partial charge in [-0.05, 0) is 95.4 Å². The van der Waals surface area contributed by atoms with Crippen LogP contribution in [0.5, 0.6) is 11.5 Å². The number of benzene rings is 1. The number of ether oxygens (including phenoxy) is 7. The third-order valence-corrected chi connectivity index (χ3v) is 7.70. The van der Waals surface area contributed by atoms with Crippen LogP contribution in [-0.4, -0.2) is 68.5 Å². The summed E-state index contributed by atoms with van der Waals surface area (Å²) in [7, 11) is 0. The lowest BCUT2D eigenvalue weighted by Crippen LogP contribution is -2.34. The van der Waals surface area contributed by atoms with Crippen LogP contribution in [0.1, 0.15) is 65.2 Å². The maximum absolute atomic E-state index is 12.7. The Morgan fingerprint density at radius 1 is 0.773 bits per heavy atom. The summed E-state index contributed by atoms with van der Waals surface area (Å²) < 4.78 is 37.9. The summed E-state index contributed by atoms with van der Waals surface area (Å²) in [6.07, 6.45) is 5.07. The van der Waals surface area contributed by atoms with Crippen molar-refractivity contribution in [3.63, 3.8) is 0 Å². The van der Waals surface area contributed by atoms with Crippen LogP contribution in [0.3, 0.4) is 0 Å². The first-order valence-electron chi connectivity index (χ1n) is 14.9. The van der Waals surface area contributed by atoms with Crippen LogP contribution in [0, 0.1) is 11.8 Å². The molecule has 1 unspecified atom stereocenters. The molecule has 2 aliphatic carbocycles. The first kappa shape index (κ1) is 35.2. The molecule has 0 heterocycles. The van der Waals surface area contributed by atoms with Gasteiger partial charge >= 0.3 is 17.9 Å². The summed E-state index contributed by atoms with van der Waals surface area (Å²) in [6.45, 7) is 9.99. The molecule has 2 aliphatic rings. The van der Waals surface area contributed by atoms with Crippen LogP contribution >= 0.6 is 0 Å². The number of rotatable bonds is 17. The standard InChI is InChI=1S/C32H44O12/c1-21(2)30(33)38-17-29(44-36)23-5-9-26(10-6-23)40-20-41-27-13-15-28(16-14-27)43-32(35)24-7-11-25(12-8-24)39-18-37-19-42-31(34)22(3)4/h13-16,23-26,29,36H,1,3,5-12,17-20H2,2,4H3. The molecule has 0 radical (unpaired) electrons. The van der Waals surface area contributed by atoms with Crippen LogP contribution in [-0.2, 0) is 43.0 Å². The van der Waals surface area contributed by atoms with E-state index in [1.807, 2.05) is 0 Å². The number of carbonyl (C=O) groups excluding carboxylic acids is 3. The van der Waals surface area contributed by atoms with E-state index >= 15 is 0 Å². The van der Waals surface area contributed by atoms with Crippen molar-refractivity contribution in [2.24, 2.45) is 11.8 Å². The molecule has 1 atom stereocenters. The fraction of sp³-hybridized carbons (Fsp3) is 0.594. The fourth-order valence-corrected chi connectivity index (χ4v) is 5.02. The Balaban J connectivity index is 1.27. The van der Waals surface area contributed by atoms with Gasteiger partial charge in [0.1, 0.15) is 24.2 Å². The predicted octanol–water partition coefficient (Wildman–Crippen LogP) is 5.11. The lowest BCUT2D eigenvalue weighted by Gasteiger charge is -2.31. The number of carbonyl (C=O) groups is 3. The molecule has 12 heteroatoms. The molecule has 1 aromatic rings. The molecule has 44 heavy (non-hydrogen) atoms. The van der Waals surface area contributed by atoms with Gasteiger partial charge in [-0.1, -0.05) is 13.2 Å². The SMILES string of the molecule is C=C(C)C(=O)OCOCOC1CCC(C(=O)Oc2ccc(OCOC3CCC(C(COC(=O)C(=C)C)OO)CC3)cc2)CC1. The second kappa shape index (κ2) is 18.5. The summed E-state index contributed by atoms with van der Waals surface area (Å²) in [5, 5.41) is 9.26. The lowest BCUT2D eigenvalue weighted by molar-refractivity contribution is -0.299. The van der Waals surface area contributed by atoms with E-state index in [4.69, 9.17) is 33.2 Å². The van der Waals surface area contributed by atoms with Gasteiger partial charge in [0.05, 0.1) is 18.1 Å². The maximum Gasteiger partial charge on any atom is 0.335 e. The van der Waals surface area contributed by atoms with Crippen molar-refractivity contribution in [3.05, 3.63) is 48.6 Å². The Morgan fingerprint density at radius 3 is 1.91 bits per heavy atom. The molecule has 0 aromatic heterocycles. The third kappa shape index (κ3) is 12.0. The van der Waals surface area contributed by atoms with Gasteiger partial charge in [0, 0.05) is 11.1 Å². The van der Waals surface area contributed by atoms with Gasteiger partial charge in [0.2, 0.25) is 0 Å². The van der Waals surface area contributed by atoms with E-state index < -0.39 is 18.0 Å². The zero-order valence-corrected chi connectivity index (χ0v) is 25.5. The predicted molar refractivity (Wildman–Crippen MR) is 156 cm³/mol. The van der Waals surface area contributed by atoms with Crippen LogP contribution in [0.15, 0.2) is 48.6 Å². The summed E-state index contributed by atoms with van der Waals surface area (Å²) in [5.41, 5.74) is 0.593. The van der Waals surface area contributed by atoms with E-state index in [2.05, 4.69) is 18.0 Å². The average Bonchev–Trinajstić information content (AvgIpc) is 3.02. The minimum absolute atomic E-state index is 0.000678. The molecule has 0 spiro atoms. The zero-order chi connectivity index (χ0) is 31.9. The van der Waals surface area contributed by atoms with E-state index in [1.165, 1.54) is 0 Å². The van der Waals surface area contributed by atoms with Crippen molar-refractivity contribution in [2.45, 2.75) is 83.5 Å². The molecule has 2 fully saturated rings. The molecule has 1 aromatic carbocycles. The normalized spacial score (nSPS) is 22.3. The molecule has 2 saturated carbocycles. The summed E-state index contributed by atoms with van der Waals surface area (Å²) >= 11 is 0. The van der Waals surface area contributed by atoms with Crippen molar-refractivity contribution in [3.8, 4) is 11.5 Å². The summed E-state index contributed by atoms with van der Waals surface area (Å²) in [5.74, 6) is -0.447. The van der Waals surface area contributed by atoms with Crippen LogP contribution < -0.4 is 9.47 Å². The molecule has 0 saturated heterocycles. The highest BCUT2D eigenvalue weighted by atomic mass is 17.1. The lowest BCUT2D eigenvalue weighted by atomic mass is 9.84. The second-order valence-electron chi connectivity index (χ2n) is 11.2. The van der Waals surface area contributed by atoms with Crippen molar-refractivity contribution in [2.75, 3.05) is 27.0 Å². The minimum atomic E-state index is -0.593. The summed E-state index contributed by atoms with van der Waals surface area (Å²) in [6, 6.07) is 6.80. The Bertz CT molecular complexity index is 1080. The highest BCUT2D eigenvalue weighted by molar-refractivity contribution is 5.87. The first-order chi connectivity index (χ1) is 21.2. The van der Waals surface area contributed by atoms with Crippen LogP contribution in [0.4, 0.5) is 0 Å². The smallest absolute Gasteiger partial charge is 0.335 e. The largest absolute Gasteiger partial charge is 0.468 e. The third-order valence-electron chi connectivity index (χ3n) is 7.70. The van der Waals surface area contributed by atoms with E-state index in [1.54, 1.807) is 38.1 Å². The minimum Gasteiger partial charge on any atom is -0.468 e. The average molecular weight is 621 g/mol. The van der Waals surface area contributed by atoms with Gasteiger partial charge in [0.25, 0.3) is 0 Å². The first-order valence-corrected chi connectivity index (χ1v) is 14.9. The number of esters is 3. The number of hydrogen-bond donors (Lipinski definition) is 1. The van der Waals surface area contributed by atoms with Crippen LogP contribution in [0.25, 0.3) is 0 Å². The summed E-state index contributed by atoms with van der Waals surface area (Å²) in [4.78, 5) is 40.1.